The van der Waals surface area contributed by atoms with Gasteiger partial charge in [-0.1, -0.05) is 29.5 Å². The Labute approximate surface area is 206 Å². The average Bonchev–Trinajstić information content (AvgIpc) is 3.44. The number of ether oxygens (including phenoxy) is 2. The standard InChI is InChI=1S/C25H25N5O4S/c1-14-5-7-20(15(2)9-14)30-23-18(12-26-30)24(32)29-16(13-35-25(29)28-23)10-22(31)27-19-11-17(33-3)6-8-21(19)34-4/h5-9,11-12,16H,10,13H2,1-4H3,(H,27,31). The number of nitrogens with one attached hydrogen (secondary N) is 1. The van der Waals surface area contributed by atoms with Gasteiger partial charge in [-0.2, -0.15) is 5.10 Å². The van der Waals surface area contributed by atoms with Crippen molar-refractivity contribution in [1.29, 1.82) is 0 Å². The van der Waals surface area contributed by atoms with Crippen molar-refractivity contribution in [3.63, 3.8) is 0 Å². The number of aromatic nitrogens is 4. The van der Waals surface area contributed by atoms with Crippen LogP contribution in [0.3, 0.4) is 0 Å². The van der Waals surface area contributed by atoms with Gasteiger partial charge in [-0.25, -0.2) is 9.67 Å². The summed E-state index contributed by atoms with van der Waals surface area (Å²) >= 11 is 1.47. The monoisotopic (exact) mass is 491 g/mol. The van der Waals surface area contributed by atoms with Crippen molar-refractivity contribution in [2.24, 2.45) is 0 Å². The van der Waals surface area contributed by atoms with Crippen LogP contribution < -0.4 is 20.3 Å². The first kappa shape index (κ1) is 23.0. The number of carbonyl (C=O) groups excluding carboxylic acids is 1. The van der Waals surface area contributed by atoms with Crippen LogP contribution in [0.1, 0.15) is 23.6 Å². The molecule has 0 aliphatic carbocycles. The van der Waals surface area contributed by atoms with E-state index in [0.29, 0.717) is 39.1 Å². The molecule has 0 saturated heterocycles. The molecule has 1 N–H and O–H groups in total. The largest absolute Gasteiger partial charge is 0.497 e. The SMILES string of the molecule is COc1ccc(OC)c(NC(=O)CC2CSc3nc4c(cnn4-c4ccc(C)cc4C)c(=O)n32)c1. The van der Waals surface area contributed by atoms with E-state index in [4.69, 9.17) is 14.5 Å². The van der Waals surface area contributed by atoms with Gasteiger partial charge in [0.25, 0.3) is 5.56 Å². The van der Waals surface area contributed by atoms with Gasteiger partial charge < -0.3 is 14.8 Å². The molecule has 0 spiro atoms. The van der Waals surface area contributed by atoms with E-state index in [1.54, 1.807) is 40.8 Å². The lowest BCUT2D eigenvalue weighted by atomic mass is 10.1. The Morgan fingerprint density at radius 3 is 2.74 bits per heavy atom. The fourth-order valence-corrected chi connectivity index (χ4v) is 5.46. The van der Waals surface area contributed by atoms with E-state index in [-0.39, 0.29) is 23.9 Å². The Bertz CT molecular complexity index is 1510. The van der Waals surface area contributed by atoms with Crippen LogP contribution in [0.15, 0.2) is 52.5 Å². The summed E-state index contributed by atoms with van der Waals surface area (Å²) in [4.78, 5) is 31.1. The van der Waals surface area contributed by atoms with E-state index in [1.807, 2.05) is 26.0 Å². The van der Waals surface area contributed by atoms with E-state index >= 15 is 0 Å². The van der Waals surface area contributed by atoms with Crippen molar-refractivity contribution in [2.45, 2.75) is 31.5 Å². The lowest BCUT2D eigenvalue weighted by molar-refractivity contribution is -0.116. The molecule has 2 aromatic carbocycles. The van der Waals surface area contributed by atoms with Crippen LogP contribution in [0.25, 0.3) is 16.7 Å². The Morgan fingerprint density at radius 2 is 2.00 bits per heavy atom. The third-order valence-corrected chi connectivity index (χ3v) is 7.15. The van der Waals surface area contributed by atoms with Gasteiger partial charge in [-0.05, 0) is 37.6 Å². The summed E-state index contributed by atoms with van der Waals surface area (Å²) in [5, 5.41) is 8.36. The van der Waals surface area contributed by atoms with Crippen molar-refractivity contribution in [2.75, 3.05) is 25.3 Å². The maximum atomic E-state index is 13.4. The predicted octanol–water partition coefficient (Wildman–Crippen LogP) is 3.89. The minimum atomic E-state index is -0.319. The molecule has 1 unspecified atom stereocenters. The summed E-state index contributed by atoms with van der Waals surface area (Å²) in [6, 6.07) is 10.9. The molecule has 1 aliphatic rings. The number of thioether (sulfide) groups is 1. The van der Waals surface area contributed by atoms with Crippen molar-refractivity contribution in [3.8, 4) is 17.2 Å². The topological polar surface area (TPSA) is 100 Å². The number of fused-ring (bicyclic) bond motifs is 2. The number of hydrogen-bond acceptors (Lipinski definition) is 7. The molecular formula is C25H25N5O4S. The molecule has 2 aromatic heterocycles. The zero-order valence-electron chi connectivity index (χ0n) is 19.9. The minimum absolute atomic E-state index is 0.124. The molecule has 0 radical (unpaired) electrons. The van der Waals surface area contributed by atoms with Crippen molar-refractivity contribution >= 4 is 34.4 Å². The molecule has 0 bridgehead atoms. The van der Waals surface area contributed by atoms with Crippen molar-refractivity contribution in [1.82, 2.24) is 19.3 Å². The molecule has 10 heteroatoms. The molecule has 9 nitrogen and oxygen atoms in total. The first-order valence-corrected chi connectivity index (χ1v) is 12.1. The van der Waals surface area contributed by atoms with E-state index in [1.165, 1.54) is 18.9 Å². The highest BCUT2D eigenvalue weighted by Crippen LogP contribution is 2.35. The Balaban J connectivity index is 1.44. The highest BCUT2D eigenvalue weighted by molar-refractivity contribution is 7.99. The smallest absolute Gasteiger partial charge is 0.265 e. The predicted molar refractivity (Wildman–Crippen MR) is 135 cm³/mol. The quantitative estimate of drug-likeness (QED) is 0.409. The molecule has 5 rings (SSSR count). The van der Waals surface area contributed by atoms with Crippen LogP contribution >= 0.6 is 11.8 Å². The molecule has 3 heterocycles. The first-order chi connectivity index (χ1) is 16.9. The molecule has 1 aliphatic heterocycles. The number of hydrogen-bond donors (Lipinski definition) is 1. The van der Waals surface area contributed by atoms with E-state index in [2.05, 4.69) is 16.5 Å². The van der Waals surface area contributed by atoms with Gasteiger partial charge >= 0.3 is 0 Å². The fourth-order valence-electron chi connectivity index (χ4n) is 4.33. The van der Waals surface area contributed by atoms with Crippen LogP contribution in [0, 0.1) is 13.8 Å². The molecule has 1 atom stereocenters. The summed E-state index contributed by atoms with van der Waals surface area (Å²) in [5.74, 6) is 1.48. The number of aryl methyl sites for hydroxylation is 2. The van der Waals surface area contributed by atoms with E-state index < -0.39 is 0 Å². The van der Waals surface area contributed by atoms with Crippen LogP contribution in [-0.2, 0) is 4.79 Å². The molecule has 180 valence electrons. The highest BCUT2D eigenvalue weighted by Gasteiger charge is 2.30. The van der Waals surface area contributed by atoms with Crippen LogP contribution in [0.2, 0.25) is 0 Å². The first-order valence-electron chi connectivity index (χ1n) is 11.1. The molecule has 4 aromatic rings. The second kappa shape index (κ2) is 9.10. The second-order valence-electron chi connectivity index (χ2n) is 8.44. The Kier molecular flexibility index (Phi) is 5.98. The zero-order valence-corrected chi connectivity index (χ0v) is 20.7. The molecule has 1 amide bonds. The summed E-state index contributed by atoms with van der Waals surface area (Å²) in [7, 11) is 3.10. The van der Waals surface area contributed by atoms with Crippen LogP contribution in [0.5, 0.6) is 11.5 Å². The van der Waals surface area contributed by atoms with Gasteiger partial charge in [0, 0.05) is 18.2 Å². The lowest BCUT2D eigenvalue weighted by Crippen LogP contribution is -2.27. The van der Waals surface area contributed by atoms with Gasteiger partial charge in [0.2, 0.25) is 5.91 Å². The van der Waals surface area contributed by atoms with Gasteiger partial charge in [-0.15, -0.1) is 0 Å². The van der Waals surface area contributed by atoms with Crippen LogP contribution in [0.4, 0.5) is 5.69 Å². The number of methoxy groups -OCH3 is 2. The maximum Gasteiger partial charge on any atom is 0.265 e. The van der Waals surface area contributed by atoms with Gasteiger partial charge in [0.05, 0.1) is 37.8 Å². The number of amides is 1. The number of benzene rings is 2. The Morgan fingerprint density at radius 1 is 1.17 bits per heavy atom. The highest BCUT2D eigenvalue weighted by atomic mass is 32.2. The summed E-state index contributed by atoms with van der Waals surface area (Å²) in [6.07, 6.45) is 1.68. The zero-order chi connectivity index (χ0) is 24.7. The van der Waals surface area contributed by atoms with Crippen molar-refractivity contribution in [3.05, 3.63) is 64.1 Å². The maximum absolute atomic E-state index is 13.4. The number of rotatable bonds is 6. The molecule has 0 saturated carbocycles. The minimum Gasteiger partial charge on any atom is -0.497 e. The average molecular weight is 492 g/mol. The van der Waals surface area contributed by atoms with Gasteiger partial charge in [-0.3, -0.25) is 14.2 Å². The van der Waals surface area contributed by atoms with E-state index in [0.717, 1.165) is 16.8 Å². The third kappa shape index (κ3) is 4.14. The van der Waals surface area contributed by atoms with E-state index in [9.17, 15) is 9.59 Å². The fraction of sp³-hybridized carbons (Fsp3) is 0.280. The van der Waals surface area contributed by atoms with Gasteiger partial charge in [0.1, 0.15) is 16.9 Å². The normalized spacial score (nSPS) is 14.7. The number of carbonyl (C=O) groups is 1. The van der Waals surface area contributed by atoms with Gasteiger partial charge in [0.15, 0.2) is 10.8 Å². The summed E-state index contributed by atoms with van der Waals surface area (Å²) in [5.41, 5.74) is 3.93. The molecule has 0 fully saturated rings. The molecule has 35 heavy (non-hydrogen) atoms. The lowest BCUT2D eigenvalue weighted by Gasteiger charge is -2.15. The third-order valence-electron chi connectivity index (χ3n) is 6.05. The number of nitrogens with zero attached hydrogens (tertiary/aromatic N) is 4. The Hall–Kier alpha value is -3.79. The second-order valence-corrected chi connectivity index (χ2v) is 9.42. The van der Waals surface area contributed by atoms with Crippen molar-refractivity contribution < 1.29 is 14.3 Å². The molecular weight excluding hydrogens is 466 g/mol. The number of anilines is 1. The summed E-state index contributed by atoms with van der Waals surface area (Å²) in [6.45, 7) is 4.05. The summed E-state index contributed by atoms with van der Waals surface area (Å²) < 4.78 is 13.9. The van der Waals surface area contributed by atoms with Crippen LogP contribution in [-0.4, -0.2) is 45.2 Å².